The van der Waals surface area contributed by atoms with E-state index in [-0.39, 0.29) is 0 Å². The van der Waals surface area contributed by atoms with Crippen LogP contribution < -0.4 is 5.73 Å². The van der Waals surface area contributed by atoms with Gasteiger partial charge < -0.3 is 5.73 Å². The van der Waals surface area contributed by atoms with E-state index >= 15 is 0 Å². The van der Waals surface area contributed by atoms with Crippen LogP contribution in [0.1, 0.15) is 24.3 Å². The molecule has 0 saturated heterocycles. The highest BCUT2D eigenvalue weighted by Crippen LogP contribution is 2.43. The van der Waals surface area contributed by atoms with E-state index in [0.717, 1.165) is 18.7 Å². The lowest BCUT2D eigenvalue weighted by atomic mass is 9.67. The predicted octanol–water partition coefficient (Wildman–Crippen LogP) is 3.54. The summed E-state index contributed by atoms with van der Waals surface area (Å²) in [6.45, 7) is 0.806. The summed E-state index contributed by atoms with van der Waals surface area (Å²) >= 11 is 3.53. The average Bonchev–Trinajstić information content (AvgIpc) is 2.94. The van der Waals surface area contributed by atoms with Crippen molar-refractivity contribution in [3.63, 3.8) is 0 Å². The Hall–Kier alpha value is -0.710. The summed E-state index contributed by atoms with van der Waals surface area (Å²) in [4.78, 5) is 6.01. The molecule has 0 atom stereocenters. The summed E-state index contributed by atoms with van der Waals surface area (Å²) < 4.78 is 0. The Bertz CT molecular complexity index is 478. The van der Waals surface area contributed by atoms with Crippen LogP contribution in [-0.4, -0.2) is 11.5 Å². The molecule has 0 unspecified atom stereocenters. The van der Waals surface area contributed by atoms with E-state index in [9.17, 15) is 0 Å². The van der Waals surface area contributed by atoms with Gasteiger partial charge in [0.25, 0.3) is 0 Å². The van der Waals surface area contributed by atoms with Gasteiger partial charge in [-0.05, 0) is 36.2 Å². The van der Waals surface area contributed by atoms with E-state index in [1.54, 1.807) is 22.7 Å². The molecule has 1 aliphatic rings. The number of thiazole rings is 1. The third-order valence-electron chi connectivity index (χ3n) is 3.70. The van der Waals surface area contributed by atoms with E-state index in [1.807, 2.05) is 0 Å². The van der Waals surface area contributed by atoms with Gasteiger partial charge in [0, 0.05) is 11.8 Å². The number of nitrogens with two attached hydrogens (primary N) is 1. The monoisotopic (exact) mass is 264 g/mol. The van der Waals surface area contributed by atoms with Crippen LogP contribution in [0.3, 0.4) is 0 Å². The van der Waals surface area contributed by atoms with Gasteiger partial charge in [0.15, 0.2) is 0 Å². The standard InChI is InChI=1S/C13H16N2S2/c14-9-13(4-2-5-13)7-12-15-10(8-17-12)11-3-1-6-16-11/h1,3,6,8H,2,4-5,7,9,14H2. The second-order valence-corrected chi connectivity index (χ2v) is 6.73. The molecule has 3 rings (SSSR count). The topological polar surface area (TPSA) is 38.9 Å². The SMILES string of the molecule is NCC1(Cc2nc(-c3cccs3)cs2)CCC1. The Kier molecular flexibility index (Phi) is 3.03. The third-order valence-corrected chi connectivity index (χ3v) is 5.44. The summed E-state index contributed by atoms with van der Waals surface area (Å²) in [6, 6.07) is 4.21. The Morgan fingerprint density at radius 2 is 2.24 bits per heavy atom. The van der Waals surface area contributed by atoms with Gasteiger partial charge in [0.05, 0.1) is 15.6 Å². The zero-order valence-electron chi connectivity index (χ0n) is 9.69. The summed E-state index contributed by atoms with van der Waals surface area (Å²) in [7, 11) is 0. The summed E-state index contributed by atoms with van der Waals surface area (Å²) in [5.74, 6) is 0. The van der Waals surface area contributed by atoms with Crippen LogP contribution in [-0.2, 0) is 6.42 Å². The van der Waals surface area contributed by atoms with Crippen molar-refractivity contribution in [3.8, 4) is 10.6 Å². The van der Waals surface area contributed by atoms with Crippen LogP contribution in [0.5, 0.6) is 0 Å². The maximum atomic E-state index is 5.90. The van der Waals surface area contributed by atoms with Crippen molar-refractivity contribution in [2.75, 3.05) is 6.54 Å². The lowest BCUT2D eigenvalue weighted by Gasteiger charge is -2.40. The average molecular weight is 264 g/mol. The van der Waals surface area contributed by atoms with Crippen molar-refractivity contribution in [1.29, 1.82) is 0 Å². The van der Waals surface area contributed by atoms with E-state index in [1.165, 1.54) is 29.1 Å². The lowest BCUT2D eigenvalue weighted by molar-refractivity contribution is 0.145. The molecule has 4 heteroatoms. The zero-order chi connectivity index (χ0) is 11.7. The van der Waals surface area contributed by atoms with Crippen LogP contribution >= 0.6 is 22.7 Å². The van der Waals surface area contributed by atoms with Gasteiger partial charge in [-0.3, -0.25) is 0 Å². The van der Waals surface area contributed by atoms with Crippen molar-refractivity contribution >= 4 is 22.7 Å². The van der Waals surface area contributed by atoms with Crippen molar-refractivity contribution < 1.29 is 0 Å². The number of nitrogens with zero attached hydrogens (tertiary/aromatic N) is 1. The first kappa shape index (κ1) is 11.4. The van der Waals surface area contributed by atoms with Crippen LogP contribution in [0.15, 0.2) is 22.9 Å². The number of aromatic nitrogens is 1. The molecule has 2 heterocycles. The van der Waals surface area contributed by atoms with Gasteiger partial charge in [0.2, 0.25) is 0 Å². The molecule has 2 aromatic rings. The van der Waals surface area contributed by atoms with Gasteiger partial charge in [0.1, 0.15) is 0 Å². The number of thiophene rings is 1. The highest BCUT2D eigenvalue weighted by molar-refractivity contribution is 7.14. The Balaban J connectivity index is 1.77. The van der Waals surface area contributed by atoms with E-state index in [4.69, 9.17) is 10.7 Å². The largest absolute Gasteiger partial charge is 0.330 e. The summed E-state index contributed by atoms with van der Waals surface area (Å²) in [5, 5.41) is 5.52. The molecule has 0 radical (unpaired) electrons. The number of hydrogen-bond acceptors (Lipinski definition) is 4. The molecule has 17 heavy (non-hydrogen) atoms. The molecule has 1 aliphatic carbocycles. The van der Waals surface area contributed by atoms with E-state index in [2.05, 4.69) is 22.9 Å². The quantitative estimate of drug-likeness (QED) is 0.917. The highest BCUT2D eigenvalue weighted by Gasteiger charge is 2.36. The maximum Gasteiger partial charge on any atom is 0.0938 e. The number of hydrogen-bond donors (Lipinski definition) is 1. The lowest BCUT2D eigenvalue weighted by Crippen LogP contribution is -2.39. The molecule has 0 aromatic carbocycles. The Morgan fingerprint density at radius 1 is 1.35 bits per heavy atom. The predicted molar refractivity (Wildman–Crippen MR) is 74.5 cm³/mol. The first-order valence-electron chi connectivity index (χ1n) is 6.00. The minimum absolute atomic E-state index is 0.366. The van der Waals surface area contributed by atoms with Crippen molar-refractivity contribution in [2.24, 2.45) is 11.1 Å². The smallest absolute Gasteiger partial charge is 0.0938 e. The van der Waals surface area contributed by atoms with E-state index < -0.39 is 0 Å². The molecular weight excluding hydrogens is 248 g/mol. The summed E-state index contributed by atoms with van der Waals surface area (Å²) in [5.41, 5.74) is 7.39. The van der Waals surface area contributed by atoms with Gasteiger partial charge >= 0.3 is 0 Å². The Morgan fingerprint density at radius 3 is 2.82 bits per heavy atom. The molecule has 2 N–H and O–H groups in total. The molecule has 0 spiro atoms. The van der Waals surface area contributed by atoms with E-state index in [0.29, 0.717) is 5.41 Å². The van der Waals surface area contributed by atoms with Gasteiger partial charge in [-0.25, -0.2) is 4.98 Å². The minimum atomic E-state index is 0.366. The molecule has 1 saturated carbocycles. The highest BCUT2D eigenvalue weighted by atomic mass is 32.1. The first-order valence-corrected chi connectivity index (χ1v) is 7.76. The van der Waals surface area contributed by atoms with Crippen molar-refractivity contribution in [3.05, 3.63) is 27.9 Å². The fraction of sp³-hybridized carbons (Fsp3) is 0.462. The fourth-order valence-corrected chi connectivity index (χ4v) is 4.11. The third kappa shape index (κ3) is 2.17. The second kappa shape index (κ2) is 4.52. The molecule has 0 amide bonds. The number of rotatable bonds is 4. The molecule has 0 bridgehead atoms. The van der Waals surface area contributed by atoms with Crippen LogP contribution in [0.4, 0.5) is 0 Å². The second-order valence-electron chi connectivity index (χ2n) is 4.84. The molecule has 90 valence electrons. The van der Waals surface area contributed by atoms with Gasteiger partial charge in [-0.2, -0.15) is 0 Å². The van der Waals surface area contributed by atoms with Crippen molar-refractivity contribution in [1.82, 2.24) is 4.98 Å². The Labute approximate surface area is 110 Å². The molecular formula is C13H16N2S2. The molecule has 1 fully saturated rings. The fourth-order valence-electron chi connectivity index (χ4n) is 2.38. The maximum absolute atomic E-state index is 5.90. The normalized spacial score (nSPS) is 17.9. The van der Waals surface area contributed by atoms with Gasteiger partial charge in [-0.1, -0.05) is 12.5 Å². The molecule has 2 nitrogen and oxygen atoms in total. The first-order chi connectivity index (χ1) is 8.31. The van der Waals surface area contributed by atoms with Gasteiger partial charge in [-0.15, -0.1) is 22.7 Å². The van der Waals surface area contributed by atoms with Crippen molar-refractivity contribution in [2.45, 2.75) is 25.7 Å². The summed E-state index contributed by atoms with van der Waals surface area (Å²) in [6.07, 6.45) is 4.95. The molecule has 0 aliphatic heterocycles. The molecule has 2 aromatic heterocycles. The van der Waals surface area contributed by atoms with Crippen LogP contribution in [0.2, 0.25) is 0 Å². The van der Waals surface area contributed by atoms with Crippen LogP contribution in [0, 0.1) is 5.41 Å². The minimum Gasteiger partial charge on any atom is -0.330 e. The zero-order valence-corrected chi connectivity index (χ0v) is 11.3. The van der Waals surface area contributed by atoms with Crippen LogP contribution in [0.25, 0.3) is 10.6 Å².